The van der Waals surface area contributed by atoms with E-state index in [4.69, 9.17) is 0 Å². The predicted molar refractivity (Wildman–Crippen MR) is 142 cm³/mol. The van der Waals surface area contributed by atoms with Crippen LogP contribution in [0.3, 0.4) is 0 Å². The van der Waals surface area contributed by atoms with E-state index in [1.165, 1.54) is 17.1 Å². The van der Waals surface area contributed by atoms with E-state index in [1.54, 1.807) is 10.9 Å². The van der Waals surface area contributed by atoms with Gasteiger partial charge in [0.15, 0.2) is 5.65 Å². The minimum atomic E-state index is -1.05. The average Bonchev–Trinajstić information content (AvgIpc) is 3.52. The number of piperidine rings is 1. The fourth-order valence-corrected chi connectivity index (χ4v) is 5.37. The van der Waals surface area contributed by atoms with E-state index in [0.717, 1.165) is 40.6 Å². The number of likely N-dealkylation sites (tertiary alicyclic amines) is 1. The highest BCUT2D eigenvalue weighted by molar-refractivity contribution is 5.84. The first-order valence-corrected chi connectivity index (χ1v) is 13.0. The van der Waals surface area contributed by atoms with Gasteiger partial charge in [-0.15, -0.1) is 0 Å². The van der Waals surface area contributed by atoms with Crippen molar-refractivity contribution in [2.45, 2.75) is 37.8 Å². The van der Waals surface area contributed by atoms with Crippen LogP contribution in [-0.4, -0.2) is 64.1 Å². The molecule has 7 rings (SSSR count). The molecule has 1 saturated heterocycles. The third-order valence-corrected chi connectivity index (χ3v) is 7.84. The first kappa shape index (κ1) is 22.9. The van der Waals surface area contributed by atoms with Gasteiger partial charge in [0.1, 0.15) is 11.7 Å². The van der Waals surface area contributed by atoms with Crippen LogP contribution in [0.5, 0.6) is 0 Å². The molecule has 2 fully saturated rings. The summed E-state index contributed by atoms with van der Waals surface area (Å²) in [5.74, 6) is 0.376. The Kier molecular flexibility index (Phi) is 5.19. The van der Waals surface area contributed by atoms with Gasteiger partial charge in [0, 0.05) is 24.4 Å². The third-order valence-electron chi connectivity index (χ3n) is 7.84. The summed E-state index contributed by atoms with van der Waals surface area (Å²) in [7, 11) is 0. The Balaban J connectivity index is 1.11. The lowest BCUT2D eigenvalue weighted by Gasteiger charge is -2.38. The monoisotopic (exact) mass is 509 g/mol. The number of fused-ring (bicyclic) bond motifs is 2. The van der Waals surface area contributed by atoms with E-state index in [1.807, 2.05) is 41.3 Å². The van der Waals surface area contributed by atoms with Crippen LogP contribution in [0.1, 0.15) is 25.7 Å². The number of carbonyl (C=O) groups is 1. The van der Waals surface area contributed by atoms with Crippen LogP contribution in [0, 0.1) is 5.92 Å². The minimum absolute atomic E-state index is 0.140. The summed E-state index contributed by atoms with van der Waals surface area (Å²) in [5, 5.41) is 24.1. The van der Waals surface area contributed by atoms with Crippen molar-refractivity contribution in [3.63, 3.8) is 0 Å². The van der Waals surface area contributed by atoms with Crippen molar-refractivity contribution in [3.05, 3.63) is 71.5 Å². The first-order valence-electron chi connectivity index (χ1n) is 13.0. The molecule has 2 aromatic carbocycles. The Hall–Kier alpha value is -4.31. The number of H-pyrrole nitrogens is 1. The highest BCUT2D eigenvalue weighted by Crippen LogP contribution is 2.33. The number of aliphatic hydroxyl groups is 1. The lowest BCUT2D eigenvalue weighted by Crippen LogP contribution is -2.50. The number of hydrogen-bond acceptors (Lipinski definition) is 6. The summed E-state index contributed by atoms with van der Waals surface area (Å²) >= 11 is 0. The topological polar surface area (TPSA) is 122 Å². The third kappa shape index (κ3) is 3.97. The van der Waals surface area contributed by atoms with Crippen molar-refractivity contribution < 1.29 is 9.90 Å². The molecule has 10 heteroatoms. The molecule has 4 heterocycles. The molecule has 0 bridgehead atoms. The standard InChI is InChI=1S/C28H27N7O3/c36-26(19-1-2-19)33-11-9-28(38,10-12-33)16-34-17-29-25-23(27(34)37)15-31-35(25)22-6-3-18(4-7-22)20-5-8-24-21(13-20)14-30-32-24/h3-8,13-15,17,19,38H,1-2,9-12,16H2,(H,30,32). The zero-order chi connectivity index (χ0) is 25.9. The fourth-order valence-electron chi connectivity index (χ4n) is 5.37. The van der Waals surface area contributed by atoms with Gasteiger partial charge in [-0.25, -0.2) is 9.67 Å². The maximum atomic E-state index is 13.3. The summed E-state index contributed by atoms with van der Waals surface area (Å²) in [6, 6.07) is 14.1. The number of hydrogen-bond donors (Lipinski definition) is 2. The maximum Gasteiger partial charge on any atom is 0.264 e. The molecule has 3 aromatic heterocycles. The lowest BCUT2D eigenvalue weighted by atomic mass is 9.91. The van der Waals surface area contributed by atoms with Crippen LogP contribution < -0.4 is 5.56 Å². The maximum absolute atomic E-state index is 13.3. The van der Waals surface area contributed by atoms with Crippen molar-refractivity contribution in [1.29, 1.82) is 0 Å². The molecule has 38 heavy (non-hydrogen) atoms. The molecule has 5 aromatic rings. The van der Waals surface area contributed by atoms with Gasteiger partial charge in [0.2, 0.25) is 5.91 Å². The number of benzene rings is 2. The molecule has 2 N–H and O–H groups in total. The van der Waals surface area contributed by atoms with Crippen LogP contribution in [0.4, 0.5) is 0 Å². The highest BCUT2D eigenvalue weighted by atomic mass is 16.3. The Labute approximate surface area is 217 Å². The zero-order valence-electron chi connectivity index (χ0n) is 20.7. The zero-order valence-corrected chi connectivity index (χ0v) is 20.7. The summed E-state index contributed by atoms with van der Waals surface area (Å²) in [6.07, 6.45) is 7.64. The Morgan fingerprint density at radius 2 is 1.82 bits per heavy atom. The molecule has 10 nitrogen and oxygen atoms in total. The van der Waals surface area contributed by atoms with Gasteiger partial charge in [-0.05, 0) is 61.1 Å². The quantitative estimate of drug-likeness (QED) is 0.376. The first-order chi connectivity index (χ1) is 18.5. The number of rotatable bonds is 5. The second-order valence-electron chi connectivity index (χ2n) is 10.5. The lowest BCUT2D eigenvalue weighted by molar-refractivity contribution is -0.137. The van der Waals surface area contributed by atoms with Gasteiger partial charge in [-0.3, -0.25) is 19.3 Å². The fraction of sp³-hybridized carbons (Fsp3) is 0.321. The molecule has 0 spiro atoms. The van der Waals surface area contributed by atoms with Gasteiger partial charge in [0.05, 0.1) is 35.7 Å². The molecule has 1 aliphatic carbocycles. The molecule has 2 aliphatic rings. The molecule has 192 valence electrons. The molecule has 0 radical (unpaired) electrons. The van der Waals surface area contributed by atoms with Crippen molar-refractivity contribution in [1.82, 2.24) is 34.4 Å². The van der Waals surface area contributed by atoms with Crippen LogP contribution in [0.2, 0.25) is 0 Å². The molecule has 0 atom stereocenters. The van der Waals surface area contributed by atoms with Crippen LogP contribution >= 0.6 is 0 Å². The molecule has 1 amide bonds. The molecular weight excluding hydrogens is 482 g/mol. The summed E-state index contributed by atoms with van der Waals surface area (Å²) in [4.78, 5) is 32.0. The van der Waals surface area contributed by atoms with E-state index < -0.39 is 5.60 Å². The molecule has 0 unspecified atom stereocenters. The van der Waals surface area contributed by atoms with E-state index in [2.05, 4.69) is 26.3 Å². The van der Waals surface area contributed by atoms with Crippen molar-refractivity contribution in [2.75, 3.05) is 13.1 Å². The van der Waals surface area contributed by atoms with Crippen molar-refractivity contribution >= 4 is 27.8 Å². The van der Waals surface area contributed by atoms with Crippen LogP contribution in [-0.2, 0) is 11.3 Å². The predicted octanol–water partition coefficient (Wildman–Crippen LogP) is 2.89. The smallest absolute Gasteiger partial charge is 0.264 e. The van der Waals surface area contributed by atoms with Gasteiger partial charge < -0.3 is 10.0 Å². The van der Waals surface area contributed by atoms with Gasteiger partial charge in [-0.1, -0.05) is 18.2 Å². The average molecular weight is 510 g/mol. The normalized spacial score (nSPS) is 17.3. The number of aromatic nitrogens is 6. The summed E-state index contributed by atoms with van der Waals surface area (Å²) in [5.41, 5.74) is 3.10. The van der Waals surface area contributed by atoms with Gasteiger partial charge >= 0.3 is 0 Å². The largest absolute Gasteiger partial charge is 0.388 e. The number of nitrogens with one attached hydrogen (secondary N) is 1. The number of aromatic amines is 1. The second-order valence-corrected chi connectivity index (χ2v) is 10.5. The van der Waals surface area contributed by atoms with E-state index in [0.29, 0.717) is 37.0 Å². The number of carbonyl (C=O) groups excluding carboxylic acids is 1. The Bertz CT molecular complexity index is 1720. The van der Waals surface area contributed by atoms with E-state index >= 15 is 0 Å². The molecule has 1 aliphatic heterocycles. The van der Waals surface area contributed by atoms with Gasteiger partial charge in [-0.2, -0.15) is 10.2 Å². The Morgan fingerprint density at radius 1 is 1.05 bits per heavy atom. The number of nitrogens with zero attached hydrogens (tertiary/aromatic N) is 6. The highest BCUT2D eigenvalue weighted by Gasteiger charge is 2.39. The SMILES string of the molecule is O=C(C1CC1)N1CCC(O)(Cn2cnc3c(cnn3-c3ccc(-c4ccc5[nH]ncc5c4)cc3)c2=O)CC1. The minimum Gasteiger partial charge on any atom is -0.388 e. The van der Waals surface area contributed by atoms with Gasteiger partial charge in [0.25, 0.3) is 5.56 Å². The van der Waals surface area contributed by atoms with Crippen molar-refractivity contribution in [2.24, 2.45) is 5.92 Å². The van der Waals surface area contributed by atoms with Crippen LogP contribution in [0.15, 0.2) is 66.0 Å². The van der Waals surface area contributed by atoms with E-state index in [-0.39, 0.29) is 23.9 Å². The molecule has 1 saturated carbocycles. The summed E-state index contributed by atoms with van der Waals surface area (Å²) in [6.45, 7) is 1.17. The summed E-state index contributed by atoms with van der Waals surface area (Å²) < 4.78 is 3.11. The number of amides is 1. The Morgan fingerprint density at radius 3 is 2.58 bits per heavy atom. The second kappa shape index (κ2) is 8.63. The van der Waals surface area contributed by atoms with Crippen LogP contribution in [0.25, 0.3) is 38.8 Å². The molecular formula is C28H27N7O3. The van der Waals surface area contributed by atoms with E-state index in [9.17, 15) is 14.7 Å². The van der Waals surface area contributed by atoms with Crippen molar-refractivity contribution in [3.8, 4) is 16.8 Å².